The molecular formula is C34H23FI2N2O2S. The molecule has 7 rings (SSSR count). The van der Waals surface area contributed by atoms with Gasteiger partial charge in [-0.05, 0) is 116 Å². The second-order valence-electron chi connectivity index (χ2n) is 10.3. The molecular weight excluding hydrogens is 773 g/mol. The number of halogens is 3. The molecule has 0 spiro atoms. The summed E-state index contributed by atoms with van der Waals surface area (Å²) in [5.74, 6) is 0.538. The number of ether oxygens (including phenoxy) is 1. The zero-order chi connectivity index (χ0) is 28.8. The lowest BCUT2D eigenvalue weighted by atomic mass is 9.83. The maximum absolute atomic E-state index is 14.0. The second-order valence-corrected chi connectivity index (χ2v) is 13.6. The summed E-state index contributed by atoms with van der Waals surface area (Å²) >= 11 is 5.98. The van der Waals surface area contributed by atoms with Gasteiger partial charge in [-0.2, -0.15) is 0 Å². The Morgan fingerprint density at radius 3 is 2.43 bits per heavy atom. The first-order chi connectivity index (χ1) is 20.5. The van der Waals surface area contributed by atoms with Crippen molar-refractivity contribution in [2.24, 2.45) is 4.99 Å². The normalized spacial score (nSPS) is 16.0. The van der Waals surface area contributed by atoms with Gasteiger partial charge in [-0.1, -0.05) is 78.1 Å². The molecule has 2 heterocycles. The molecule has 0 amide bonds. The standard InChI is InChI=1S/C34H23FI2N2O2S/c35-24-13-10-23(11-14-24)31-26-15-12-22-8-4-5-9-25(22)30(26)38-34-39(31)33(40)29(42-34)18-21-16-27(36)32(28(37)17-21)41-19-20-6-2-1-3-7-20/h1-11,13-14,16-18,31H,12,15,19H2/b29-18+/t31-/m1/s1. The minimum atomic E-state index is -0.332. The van der Waals surface area contributed by atoms with Crippen LogP contribution in [0.15, 0.2) is 106 Å². The first-order valence-corrected chi connectivity index (χ1v) is 16.5. The van der Waals surface area contributed by atoms with Crippen LogP contribution in [0.4, 0.5) is 4.39 Å². The first-order valence-electron chi connectivity index (χ1n) is 13.5. The molecule has 0 unspecified atom stereocenters. The van der Waals surface area contributed by atoms with Gasteiger partial charge in [0.05, 0.1) is 23.4 Å². The molecule has 208 valence electrons. The molecule has 8 heteroatoms. The van der Waals surface area contributed by atoms with Crippen LogP contribution in [0.1, 0.15) is 40.3 Å². The van der Waals surface area contributed by atoms with E-state index < -0.39 is 0 Å². The molecule has 0 N–H and O–H groups in total. The summed E-state index contributed by atoms with van der Waals surface area (Å²) in [6.07, 6.45) is 3.61. The van der Waals surface area contributed by atoms with Gasteiger partial charge in [0, 0.05) is 5.56 Å². The van der Waals surface area contributed by atoms with Gasteiger partial charge in [0.25, 0.3) is 5.56 Å². The summed E-state index contributed by atoms with van der Waals surface area (Å²) in [5, 5.41) is 0. The summed E-state index contributed by atoms with van der Waals surface area (Å²) in [6.45, 7) is 0.488. The average Bonchev–Trinajstić information content (AvgIpc) is 3.30. The monoisotopic (exact) mass is 796 g/mol. The summed E-state index contributed by atoms with van der Waals surface area (Å²) in [4.78, 5) is 19.8. The molecule has 5 aromatic rings. The van der Waals surface area contributed by atoms with Gasteiger partial charge < -0.3 is 4.74 Å². The van der Waals surface area contributed by atoms with Crippen molar-refractivity contribution in [3.8, 4) is 5.75 Å². The average molecular weight is 796 g/mol. The van der Waals surface area contributed by atoms with Crippen LogP contribution in [0.3, 0.4) is 0 Å². The minimum absolute atomic E-state index is 0.0899. The highest BCUT2D eigenvalue weighted by atomic mass is 127. The van der Waals surface area contributed by atoms with Crippen molar-refractivity contribution in [2.75, 3.05) is 0 Å². The Hall–Kier alpha value is -3.09. The van der Waals surface area contributed by atoms with Gasteiger partial charge in [0.1, 0.15) is 18.2 Å². The van der Waals surface area contributed by atoms with Gasteiger partial charge in [0.15, 0.2) is 4.80 Å². The SMILES string of the molecule is O=c1/c(=C\c2cc(I)c(OCc3ccccc3)c(I)c2)sc2n1[C@H](c1ccc(F)cc1)C1=C(N=2)c2ccccc2CC1. The van der Waals surface area contributed by atoms with Crippen LogP contribution in [0.25, 0.3) is 11.8 Å². The molecule has 1 aromatic heterocycles. The van der Waals surface area contributed by atoms with Gasteiger partial charge in [-0.15, -0.1) is 0 Å². The van der Waals surface area contributed by atoms with E-state index in [4.69, 9.17) is 9.73 Å². The molecule has 0 radical (unpaired) electrons. The number of aromatic nitrogens is 1. The zero-order valence-corrected chi connectivity index (χ0v) is 27.3. The highest BCUT2D eigenvalue weighted by Crippen LogP contribution is 2.41. The predicted octanol–water partition coefficient (Wildman–Crippen LogP) is 7.25. The minimum Gasteiger partial charge on any atom is -0.487 e. The Labute approximate surface area is 273 Å². The number of nitrogens with zero attached hydrogens (tertiary/aromatic N) is 2. The summed E-state index contributed by atoms with van der Waals surface area (Å²) < 4.78 is 24.4. The Balaban J connectivity index is 1.33. The smallest absolute Gasteiger partial charge is 0.271 e. The highest BCUT2D eigenvalue weighted by molar-refractivity contribution is 14.1. The van der Waals surface area contributed by atoms with Crippen molar-refractivity contribution in [3.05, 3.63) is 157 Å². The molecule has 0 fully saturated rings. The van der Waals surface area contributed by atoms with Crippen LogP contribution < -0.4 is 19.6 Å². The largest absolute Gasteiger partial charge is 0.487 e. The molecule has 0 bridgehead atoms. The third kappa shape index (κ3) is 5.17. The van der Waals surface area contributed by atoms with Crippen molar-refractivity contribution in [1.29, 1.82) is 0 Å². The predicted molar refractivity (Wildman–Crippen MR) is 182 cm³/mol. The van der Waals surface area contributed by atoms with E-state index in [9.17, 15) is 9.18 Å². The molecule has 4 aromatic carbocycles. The van der Waals surface area contributed by atoms with Crippen LogP contribution in [-0.2, 0) is 13.0 Å². The maximum Gasteiger partial charge on any atom is 0.271 e. The van der Waals surface area contributed by atoms with E-state index in [0.717, 1.165) is 59.3 Å². The molecule has 1 aliphatic heterocycles. The van der Waals surface area contributed by atoms with Crippen LogP contribution in [-0.4, -0.2) is 4.57 Å². The van der Waals surface area contributed by atoms with E-state index in [1.807, 2.05) is 54.6 Å². The lowest BCUT2D eigenvalue weighted by Crippen LogP contribution is -2.38. The fourth-order valence-electron chi connectivity index (χ4n) is 5.65. The van der Waals surface area contributed by atoms with Crippen LogP contribution in [0.2, 0.25) is 0 Å². The van der Waals surface area contributed by atoms with Gasteiger partial charge >= 0.3 is 0 Å². The maximum atomic E-state index is 14.0. The van der Waals surface area contributed by atoms with Gasteiger partial charge in [-0.3, -0.25) is 9.36 Å². The number of hydrogen-bond acceptors (Lipinski definition) is 4. The number of fused-ring (bicyclic) bond motifs is 3. The number of aryl methyl sites for hydroxylation is 1. The lowest BCUT2D eigenvalue weighted by molar-refractivity contribution is 0.301. The number of thiazole rings is 1. The summed E-state index contributed by atoms with van der Waals surface area (Å²) in [6, 6.07) is 28.7. The molecule has 42 heavy (non-hydrogen) atoms. The Kier molecular flexibility index (Phi) is 7.62. The van der Waals surface area contributed by atoms with Crippen molar-refractivity contribution in [2.45, 2.75) is 25.5 Å². The Morgan fingerprint density at radius 1 is 0.952 bits per heavy atom. The van der Waals surface area contributed by atoms with E-state index >= 15 is 0 Å². The third-order valence-electron chi connectivity index (χ3n) is 7.60. The summed E-state index contributed by atoms with van der Waals surface area (Å²) in [5.41, 5.74) is 7.23. The molecule has 1 aliphatic carbocycles. The quantitative estimate of drug-likeness (QED) is 0.176. The van der Waals surface area contributed by atoms with Crippen LogP contribution in [0.5, 0.6) is 5.75 Å². The zero-order valence-electron chi connectivity index (χ0n) is 22.2. The third-order valence-corrected chi connectivity index (χ3v) is 10.2. The fraction of sp³-hybridized carbons (Fsp3) is 0.118. The second kappa shape index (κ2) is 11.5. The number of hydrogen-bond donors (Lipinski definition) is 0. The topological polar surface area (TPSA) is 43.6 Å². The Bertz CT molecular complexity index is 2030. The number of benzene rings is 4. The van der Waals surface area contributed by atoms with E-state index in [1.165, 1.54) is 29.0 Å². The van der Waals surface area contributed by atoms with Crippen molar-refractivity contribution in [3.63, 3.8) is 0 Å². The number of allylic oxidation sites excluding steroid dienone is 1. The van der Waals surface area contributed by atoms with Gasteiger partial charge in [-0.25, -0.2) is 9.38 Å². The molecule has 4 nitrogen and oxygen atoms in total. The van der Waals surface area contributed by atoms with E-state index in [-0.39, 0.29) is 17.4 Å². The molecule has 2 aliphatic rings. The molecule has 1 atom stereocenters. The van der Waals surface area contributed by atoms with Crippen molar-refractivity contribution >= 4 is 68.3 Å². The van der Waals surface area contributed by atoms with E-state index in [0.29, 0.717) is 15.9 Å². The highest BCUT2D eigenvalue weighted by Gasteiger charge is 2.32. The lowest BCUT2D eigenvalue weighted by Gasteiger charge is -2.30. The number of rotatable bonds is 5. The summed E-state index contributed by atoms with van der Waals surface area (Å²) in [7, 11) is 0. The van der Waals surface area contributed by atoms with Crippen molar-refractivity contribution < 1.29 is 9.13 Å². The van der Waals surface area contributed by atoms with E-state index in [2.05, 4.69) is 63.4 Å². The first kappa shape index (κ1) is 27.7. The fourth-order valence-corrected chi connectivity index (χ4v) is 8.78. The van der Waals surface area contributed by atoms with Crippen LogP contribution >= 0.6 is 56.5 Å². The molecule has 0 saturated carbocycles. The molecule has 0 saturated heterocycles. The van der Waals surface area contributed by atoms with Crippen molar-refractivity contribution in [1.82, 2.24) is 4.57 Å². The van der Waals surface area contributed by atoms with Gasteiger partial charge in [0.2, 0.25) is 0 Å². The Morgan fingerprint density at radius 2 is 1.67 bits per heavy atom. The van der Waals surface area contributed by atoms with Crippen LogP contribution in [0, 0.1) is 13.0 Å². The van der Waals surface area contributed by atoms with E-state index in [1.54, 1.807) is 16.7 Å².